The second-order valence-corrected chi connectivity index (χ2v) is 4.65. The van der Waals surface area contributed by atoms with E-state index in [0.717, 1.165) is 6.07 Å². The summed E-state index contributed by atoms with van der Waals surface area (Å²) in [6, 6.07) is 3.91. The lowest BCUT2D eigenvalue weighted by atomic mass is 10.1. The summed E-state index contributed by atoms with van der Waals surface area (Å²) < 4.78 is 39.5. The highest BCUT2D eigenvalue weighted by atomic mass is 35.5. The second-order valence-electron chi connectivity index (χ2n) is 4.24. The number of carbonyl (C=O) groups is 1. The van der Waals surface area contributed by atoms with Crippen LogP contribution in [0.1, 0.15) is 23.2 Å². The number of benzene rings is 1. The van der Waals surface area contributed by atoms with Crippen molar-refractivity contribution in [3.8, 4) is 0 Å². The minimum Gasteiger partial charge on any atom is -0.338 e. The van der Waals surface area contributed by atoms with E-state index in [1.807, 2.05) is 0 Å². The summed E-state index contributed by atoms with van der Waals surface area (Å²) in [6.45, 7) is -0.174. The first-order valence-corrected chi connectivity index (χ1v) is 5.90. The van der Waals surface area contributed by atoms with Gasteiger partial charge < -0.3 is 4.90 Å². The van der Waals surface area contributed by atoms with Crippen molar-refractivity contribution in [2.45, 2.75) is 18.8 Å². The molecule has 1 heterocycles. The predicted octanol–water partition coefficient (Wildman–Crippen LogP) is 3.35. The molecule has 0 spiro atoms. The lowest BCUT2D eigenvalue weighted by Gasteiger charge is -2.32. The Balaban J connectivity index is 2.18. The Morgan fingerprint density at radius 1 is 1.28 bits per heavy atom. The summed E-state index contributed by atoms with van der Waals surface area (Å²) in [4.78, 5) is 13.2. The Labute approximate surface area is 107 Å². The topological polar surface area (TPSA) is 20.3 Å². The Bertz CT molecular complexity index is 448. The monoisotopic (exact) mass is 277 g/mol. The van der Waals surface area contributed by atoms with Crippen LogP contribution in [0.25, 0.3) is 0 Å². The molecule has 1 saturated heterocycles. The van der Waals surface area contributed by atoms with Crippen molar-refractivity contribution >= 4 is 17.5 Å². The van der Waals surface area contributed by atoms with E-state index in [1.165, 1.54) is 17.0 Å². The van der Waals surface area contributed by atoms with Crippen LogP contribution in [-0.4, -0.2) is 29.8 Å². The zero-order chi connectivity index (χ0) is 13.3. The molecule has 0 saturated carbocycles. The molecule has 1 aliphatic rings. The van der Waals surface area contributed by atoms with Crippen LogP contribution in [0.5, 0.6) is 0 Å². The average Bonchev–Trinajstić information content (AvgIpc) is 2.28. The number of rotatable bonds is 1. The van der Waals surface area contributed by atoms with Crippen LogP contribution in [-0.2, 0) is 0 Å². The number of carbonyl (C=O) groups excluding carboxylic acids is 1. The number of halogens is 4. The van der Waals surface area contributed by atoms with Gasteiger partial charge in [0.15, 0.2) is 0 Å². The van der Waals surface area contributed by atoms with Crippen LogP contribution in [0, 0.1) is 5.82 Å². The predicted molar refractivity (Wildman–Crippen MR) is 61.5 cm³/mol. The molecule has 0 aromatic heterocycles. The van der Waals surface area contributed by atoms with Crippen LogP contribution in [0.4, 0.5) is 13.2 Å². The van der Waals surface area contributed by atoms with Gasteiger partial charge in [0.2, 0.25) is 0 Å². The smallest absolute Gasteiger partial charge is 0.258 e. The average molecular weight is 278 g/mol. The number of amides is 1. The third kappa shape index (κ3) is 2.61. The molecule has 1 aromatic rings. The lowest BCUT2D eigenvalue weighted by molar-refractivity contribution is -0.0494. The number of likely N-dealkylation sites (tertiary alicyclic amines) is 1. The zero-order valence-electron chi connectivity index (χ0n) is 9.43. The van der Waals surface area contributed by atoms with E-state index in [2.05, 4.69) is 0 Å². The highest BCUT2D eigenvalue weighted by Crippen LogP contribution is 2.29. The van der Waals surface area contributed by atoms with Gasteiger partial charge in [-0.15, -0.1) is 0 Å². The zero-order valence-corrected chi connectivity index (χ0v) is 10.2. The first kappa shape index (κ1) is 13.2. The van der Waals surface area contributed by atoms with Gasteiger partial charge in [-0.1, -0.05) is 17.7 Å². The van der Waals surface area contributed by atoms with E-state index < -0.39 is 30.5 Å². The summed E-state index contributed by atoms with van der Waals surface area (Å²) in [5.74, 6) is -4.10. The van der Waals surface area contributed by atoms with Gasteiger partial charge in [-0.05, 0) is 12.1 Å². The Kier molecular flexibility index (Phi) is 3.52. The van der Waals surface area contributed by atoms with Gasteiger partial charge in [0.05, 0.1) is 10.6 Å². The fourth-order valence-electron chi connectivity index (χ4n) is 1.90. The van der Waals surface area contributed by atoms with E-state index in [4.69, 9.17) is 11.6 Å². The van der Waals surface area contributed by atoms with E-state index in [-0.39, 0.29) is 23.7 Å². The van der Waals surface area contributed by atoms with Crippen molar-refractivity contribution in [2.75, 3.05) is 13.1 Å². The standard InChI is InChI=1S/C12H11ClF3NO/c13-8-2-1-3-9(14)10(8)11(18)17-6-4-12(15,16)5-7-17/h1-3H,4-7H2. The molecule has 1 aromatic carbocycles. The molecule has 0 radical (unpaired) electrons. The summed E-state index contributed by atoms with van der Waals surface area (Å²) in [7, 11) is 0. The maximum Gasteiger partial charge on any atom is 0.258 e. The van der Waals surface area contributed by atoms with E-state index in [9.17, 15) is 18.0 Å². The normalized spacial score (nSPS) is 18.8. The third-order valence-electron chi connectivity index (χ3n) is 2.96. The molecule has 0 aliphatic carbocycles. The number of hydrogen-bond acceptors (Lipinski definition) is 1. The van der Waals surface area contributed by atoms with Gasteiger partial charge in [-0.2, -0.15) is 0 Å². The molecule has 0 unspecified atom stereocenters. The molecule has 0 atom stereocenters. The Morgan fingerprint density at radius 3 is 2.44 bits per heavy atom. The lowest BCUT2D eigenvalue weighted by Crippen LogP contribution is -2.43. The molecule has 18 heavy (non-hydrogen) atoms. The first-order valence-electron chi connectivity index (χ1n) is 5.52. The molecule has 1 aliphatic heterocycles. The number of piperidine rings is 1. The molecule has 2 rings (SSSR count). The van der Waals surface area contributed by atoms with Gasteiger partial charge in [-0.3, -0.25) is 4.79 Å². The minimum atomic E-state index is -2.74. The largest absolute Gasteiger partial charge is 0.338 e. The highest BCUT2D eigenvalue weighted by molar-refractivity contribution is 6.33. The summed E-state index contributed by atoms with van der Waals surface area (Å²) in [5, 5.41) is -0.00247. The molecule has 2 nitrogen and oxygen atoms in total. The summed E-state index contributed by atoms with van der Waals surface area (Å²) in [6.07, 6.45) is -0.796. The van der Waals surface area contributed by atoms with Crippen molar-refractivity contribution in [1.29, 1.82) is 0 Å². The van der Waals surface area contributed by atoms with Crippen molar-refractivity contribution in [1.82, 2.24) is 4.90 Å². The van der Waals surface area contributed by atoms with Gasteiger partial charge in [0, 0.05) is 25.9 Å². The van der Waals surface area contributed by atoms with Crippen LogP contribution in [0.15, 0.2) is 18.2 Å². The number of nitrogens with zero attached hydrogens (tertiary/aromatic N) is 1. The second kappa shape index (κ2) is 4.80. The summed E-state index contributed by atoms with van der Waals surface area (Å²) >= 11 is 5.76. The maximum atomic E-state index is 13.5. The van der Waals surface area contributed by atoms with Gasteiger partial charge in [0.1, 0.15) is 5.82 Å². The van der Waals surface area contributed by atoms with E-state index in [1.54, 1.807) is 0 Å². The van der Waals surface area contributed by atoms with Crippen molar-refractivity contribution in [3.05, 3.63) is 34.6 Å². The van der Waals surface area contributed by atoms with Crippen LogP contribution >= 0.6 is 11.6 Å². The van der Waals surface area contributed by atoms with Crippen LogP contribution in [0.2, 0.25) is 5.02 Å². The summed E-state index contributed by atoms with van der Waals surface area (Å²) in [5.41, 5.74) is -0.246. The fourth-order valence-corrected chi connectivity index (χ4v) is 2.14. The first-order chi connectivity index (χ1) is 8.41. The molecule has 0 bridgehead atoms. The Morgan fingerprint density at radius 2 is 1.89 bits per heavy atom. The molecule has 0 N–H and O–H groups in total. The SMILES string of the molecule is O=C(c1c(F)cccc1Cl)N1CCC(F)(F)CC1. The molecule has 6 heteroatoms. The molecule has 1 fully saturated rings. The van der Waals surface area contributed by atoms with Crippen molar-refractivity contribution in [3.63, 3.8) is 0 Å². The van der Waals surface area contributed by atoms with Gasteiger partial charge in [0.25, 0.3) is 11.8 Å². The van der Waals surface area contributed by atoms with Crippen molar-refractivity contribution in [2.24, 2.45) is 0 Å². The quantitative estimate of drug-likeness (QED) is 0.771. The number of alkyl halides is 2. The molecule has 98 valence electrons. The van der Waals surface area contributed by atoms with E-state index >= 15 is 0 Å². The van der Waals surface area contributed by atoms with Crippen LogP contribution < -0.4 is 0 Å². The third-order valence-corrected chi connectivity index (χ3v) is 3.27. The fraction of sp³-hybridized carbons (Fsp3) is 0.417. The highest BCUT2D eigenvalue weighted by Gasteiger charge is 2.36. The molecule has 1 amide bonds. The van der Waals surface area contributed by atoms with Crippen molar-refractivity contribution < 1.29 is 18.0 Å². The molecular formula is C12H11ClF3NO. The number of hydrogen-bond donors (Lipinski definition) is 0. The van der Waals surface area contributed by atoms with E-state index in [0.29, 0.717) is 0 Å². The minimum absolute atomic E-state index is 0.00247. The van der Waals surface area contributed by atoms with Crippen LogP contribution in [0.3, 0.4) is 0 Å². The Hall–Kier alpha value is -1.23. The van der Waals surface area contributed by atoms with Gasteiger partial charge in [-0.25, -0.2) is 13.2 Å². The molecular weight excluding hydrogens is 267 g/mol. The van der Waals surface area contributed by atoms with Gasteiger partial charge >= 0.3 is 0 Å². The maximum absolute atomic E-state index is 13.5.